The van der Waals surface area contributed by atoms with E-state index in [1.54, 1.807) is 0 Å². The molecule has 0 amide bonds. The van der Waals surface area contributed by atoms with E-state index in [0.29, 0.717) is 30.3 Å². The van der Waals surface area contributed by atoms with Crippen molar-refractivity contribution in [2.75, 3.05) is 13.2 Å². The molecule has 0 fully saturated rings. The molecule has 1 aliphatic rings. The quantitative estimate of drug-likeness (QED) is 0.709. The fraction of sp³-hybridized carbons (Fsp3) is 0.500. The Morgan fingerprint density at radius 1 is 1.17 bits per heavy atom. The number of hydrogen-bond donors (Lipinski definition) is 1. The Hall–Kier alpha value is -2.67. The smallest absolute Gasteiger partial charge is 0.268 e. The summed E-state index contributed by atoms with van der Waals surface area (Å²) in [5.41, 5.74) is 12.1. The zero-order chi connectivity index (χ0) is 20.8. The van der Waals surface area contributed by atoms with Crippen LogP contribution in [-0.2, 0) is 19.9 Å². The van der Waals surface area contributed by atoms with E-state index in [-0.39, 0.29) is 0 Å². The lowest BCUT2D eigenvalue weighted by atomic mass is 9.76. The van der Waals surface area contributed by atoms with E-state index in [2.05, 4.69) is 24.0 Å². The highest BCUT2D eigenvalue weighted by Crippen LogP contribution is 2.39. The van der Waals surface area contributed by atoms with Gasteiger partial charge in [0.15, 0.2) is 5.69 Å². The zero-order valence-corrected chi connectivity index (χ0v) is 17.9. The van der Waals surface area contributed by atoms with Crippen LogP contribution in [0.15, 0.2) is 16.5 Å². The maximum Gasteiger partial charge on any atom is 0.268 e. The standard InChI is InChI=1S/C22H29N5O2/c1-13-10-15(11-14(2)19(13)28-9-8-23)20-24-25-21(29-20)18-16-6-7-22(3,4)12-17(16)27(5)26-18/h10-11H,6-9,12,23H2,1-5H3. The van der Waals surface area contributed by atoms with Crippen molar-refractivity contribution in [1.82, 2.24) is 20.0 Å². The minimum absolute atomic E-state index is 0.292. The van der Waals surface area contributed by atoms with E-state index < -0.39 is 0 Å². The molecule has 0 radical (unpaired) electrons. The molecule has 2 N–H and O–H groups in total. The number of nitrogens with zero attached hydrogens (tertiary/aromatic N) is 4. The molecule has 0 atom stereocenters. The number of ether oxygens (including phenoxy) is 1. The van der Waals surface area contributed by atoms with Gasteiger partial charge in [0.2, 0.25) is 5.89 Å². The predicted octanol–water partition coefficient (Wildman–Crippen LogP) is 3.61. The van der Waals surface area contributed by atoms with Gasteiger partial charge in [-0.25, -0.2) is 0 Å². The van der Waals surface area contributed by atoms with Crippen LogP contribution in [0.3, 0.4) is 0 Å². The van der Waals surface area contributed by atoms with Crippen LogP contribution >= 0.6 is 0 Å². The predicted molar refractivity (Wildman–Crippen MR) is 112 cm³/mol. The molecule has 154 valence electrons. The van der Waals surface area contributed by atoms with Crippen molar-refractivity contribution in [3.63, 3.8) is 0 Å². The van der Waals surface area contributed by atoms with Crippen molar-refractivity contribution in [1.29, 1.82) is 0 Å². The number of benzene rings is 1. The fourth-order valence-corrected chi connectivity index (χ4v) is 4.16. The van der Waals surface area contributed by atoms with Gasteiger partial charge in [-0.2, -0.15) is 5.10 Å². The Morgan fingerprint density at radius 2 is 1.86 bits per heavy atom. The lowest BCUT2D eigenvalue weighted by Gasteiger charge is -2.29. The molecule has 0 unspecified atom stereocenters. The largest absolute Gasteiger partial charge is 0.492 e. The minimum atomic E-state index is 0.292. The number of fused-ring (bicyclic) bond motifs is 1. The van der Waals surface area contributed by atoms with Crippen LogP contribution in [0.5, 0.6) is 5.75 Å². The van der Waals surface area contributed by atoms with Crippen LogP contribution in [0.25, 0.3) is 23.0 Å². The molecule has 0 bridgehead atoms. The topological polar surface area (TPSA) is 92.0 Å². The number of nitrogens with two attached hydrogens (primary N) is 1. The molecule has 29 heavy (non-hydrogen) atoms. The second kappa shape index (κ2) is 7.30. The summed E-state index contributed by atoms with van der Waals surface area (Å²) in [4.78, 5) is 0. The van der Waals surface area contributed by atoms with Crippen molar-refractivity contribution in [2.45, 2.75) is 47.0 Å². The summed E-state index contributed by atoms with van der Waals surface area (Å²) in [6.07, 6.45) is 3.12. The molecular weight excluding hydrogens is 366 g/mol. The van der Waals surface area contributed by atoms with E-state index >= 15 is 0 Å². The Bertz CT molecular complexity index is 1020. The van der Waals surface area contributed by atoms with Crippen LogP contribution in [0.2, 0.25) is 0 Å². The summed E-state index contributed by atoms with van der Waals surface area (Å²) >= 11 is 0. The van der Waals surface area contributed by atoms with Crippen LogP contribution < -0.4 is 10.5 Å². The first-order valence-electron chi connectivity index (χ1n) is 10.1. The number of rotatable bonds is 5. The molecule has 0 saturated heterocycles. The minimum Gasteiger partial charge on any atom is -0.492 e. The van der Waals surface area contributed by atoms with Gasteiger partial charge < -0.3 is 14.9 Å². The third-order valence-corrected chi connectivity index (χ3v) is 5.67. The summed E-state index contributed by atoms with van der Waals surface area (Å²) in [5.74, 6) is 1.84. The molecule has 0 saturated carbocycles. The van der Waals surface area contributed by atoms with Gasteiger partial charge in [-0.05, 0) is 61.8 Å². The zero-order valence-electron chi connectivity index (χ0n) is 17.9. The van der Waals surface area contributed by atoms with Gasteiger partial charge >= 0.3 is 0 Å². The summed E-state index contributed by atoms with van der Waals surface area (Å²) in [5, 5.41) is 13.3. The summed E-state index contributed by atoms with van der Waals surface area (Å²) in [7, 11) is 1.99. The third-order valence-electron chi connectivity index (χ3n) is 5.67. The Labute approximate surface area is 171 Å². The van der Waals surface area contributed by atoms with Crippen molar-refractivity contribution in [2.24, 2.45) is 18.2 Å². The summed E-state index contributed by atoms with van der Waals surface area (Å²) in [6.45, 7) is 9.61. The highest BCUT2D eigenvalue weighted by molar-refractivity contribution is 5.62. The fourth-order valence-electron chi connectivity index (χ4n) is 4.16. The highest BCUT2D eigenvalue weighted by atomic mass is 16.5. The molecule has 1 aromatic carbocycles. The van der Waals surface area contributed by atoms with Crippen LogP contribution in [0, 0.1) is 19.3 Å². The van der Waals surface area contributed by atoms with Crippen molar-refractivity contribution >= 4 is 0 Å². The van der Waals surface area contributed by atoms with E-state index in [9.17, 15) is 0 Å². The van der Waals surface area contributed by atoms with E-state index in [1.165, 1.54) is 11.3 Å². The first-order chi connectivity index (χ1) is 13.8. The number of hydrogen-bond acceptors (Lipinski definition) is 6. The average Bonchev–Trinajstić information content (AvgIpc) is 3.25. The van der Waals surface area contributed by atoms with Gasteiger partial charge in [0, 0.05) is 30.4 Å². The van der Waals surface area contributed by atoms with Crippen LogP contribution in [-0.4, -0.2) is 33.1 Å². The monoisotopic (exact) mass is 395 g/mol. The third kappa shape index (κ3) is 3.67. The van der Waals surface area contributed by atoms with E-state index in [0.717, 1.165) is 47.4 Å². The Balaban J connectivity index is 1.67. The van der Waals surface area contributed by atoms with Gasteiger partial charge in [-0.3, -0.25) is 4.68 Å². The first kappa shape index (κ1) is 19.6. The number of aryl methyl sites for hydroxylation is 3. The van der Waals surface area contributed by atoms with E-state index in [4.69, 9.17) is 20.0 Å². The van der Waals surface area contributed by atoms with Gasteiger partial charge in [-0.15, -0.1) is 10.2 Å². The first-order valence-corrected chi connectivity index (χ1v) is 10.1. The lowest BCUT2D eigenvalue weighted by Crippen LogP contribution is -2.23. The molecule has 1 aliphatic carbocycles. The van der Waals surface area contributed by atoms with Gasteiger partial charge in [0.1, 0.15) is 12.4 Å². The molecule has 4 rings (SSSR count). The summed E-state index contributed by atoms with van der Waals surface area (Å²) in [6, 6.07) is 4.01. The van der Waals surface area contributed by atoms with Gasteiger partial charge in [0.05, 0.1) is 0 Å². The molecular formula is C22H29N5O2. The van der Waals surface area contributed by atoms with Crippen molar-refractivity contribution < 1.29 is 9.15 Å². The molecule has 2 aromatic heterocycles. The molecule has 0 aliphatic heterocycles. The molecule has 3 aromatic rings. The lowest BCUT2D eigenvalue weighted by molar-refractivity contribution is 0.307. The SMILES string of the molecule is Cc1cc(-c2nnc(-c3nn(C)c4c3CCC(C)(C)C4)o2)cc(C)c1OCCN. The molecule has 7 heteroatoms. The van der Waals surface area contributed by atoms with Gasteiger partial charge in [-0.1, -0.05) is 13.8 Å². The molecule has 7 nitrogen and oxygen atoms in total. The second-order valence-electron chi connectivity index (χ2n) is 8.73. The maximum absolute atomic E-state index is 6.06. The normalized spacial score (nSPS) is 15.4. The van der Waals surface area contributed by atoms with Crippen molar-refractivity contribution in [3.8, 4) is 28.8 Å². The van der Waals surface area contributed by atoms with Gasteiger partial charge in [0.25, 0.3) is 5.89 Å². The van der Waals surface area contributed by atoms with E-state index in [1.807, 2.05) is 37.7 Å². The molecule has 2 heterocycles. The van der Waals surface area contributed by atoms with Crippen LogP contribution in [0.1, 0.15) is 42.7 Å². The Morgan fingerprint density at radius 3 is 2.55 bits per heavy atom. The van der Waals surface area contributed by atoms with Crippen LogP contribution in [0.4, 0.5) is 0 Å². The summed E-state index contributed by atoms with van der Waals surface area (Å²) < 4.78 is 13.8. The highest BCUT2D eigenvalue weighted by Gasteiger charge is 2.32. The number of aromatic nitrogens is 4. The average molecular weight is 396 g/mol. The molecule has 0 spiro atoms. The van der Waals surface area contributed by atoms with Crippen molar-refractivity contribution in [3.05, 3.63) is 34.5 Å². The Kier molecular flexibility index (Phi) is 4.94. The maximum atomic E-state index is 6.06. The second-order valence-corrected chi connectivity index (χ2v) is 8.73.